The van der Waals surface area contributed by atoms with Gasteiger partial charge in [0.2, 0.25) is 5.91 Å². The van der Waals surface area contributed by atoms with Crippen molar-refractivity contribution in [1.82, 2.24) is 4.90 Å². The van der Waals surface area contributed by atoms with Crippen LogP contribution in [-0.2, 0) is 4.79 Å². The van der Waals surface area contributed by atoms with Gasteiger partial charge in [-0.2, -0.15) is 0 Å². The molecule has 1 amide bonds. The Morgan fingerprint density at radius 2 is 1.62 bits per heavy atom. The van der Waals surface area contributed by atoms with Crippen molar-refractivity contribution in [2.45, 2.75) is 13.0 Å². The molecule has 5 heteroatoms. The van der Waals surface area contributed by atoms with Crippen molar-refractivity contribution in [1.29, 1.82) is 0 Å². The Morgan fingerprint density at radius 3 is 2.29 bits per heavy atom. The second-order valence-electron chi connectivity index (χ2n) is 6.00. The summed E-state index contributed by atoms with van der Waals surface area (Å²) in [6, 6.07) is 17.5. The fourth-order valence-corrected chi connectivity index (χ4v) is 3.15. The largest absolute Gasteiger partial charge is 0.369 e. The molecule has 1 heterocycles. The zero-order valence-electron chi connectivity index (χ0n) is 13.8. The van der Waals surface area contributed by atoms with Gasteiger partial charge in [0.15, 0.2) is 0 Å². The third-order valence-corrected chi connectivity index (χ3v) is 4.82. The topological polar surface area (TPSA) is 35.6 Å². The SMILES string of the molecule is C[C@@H](C(=O)Nc1ccccc1Cl)N1CCN(c2ccccc2)CC1. The minimum atomic E-state index is -0.181. The van der Waals surface area contributed by atoms with Crippen molar-refractivity contribution < 1.29 is 4.79 Å². The quantitative estimate of drug-likeness (QED) is 0.923. The van der Waals surface area contributed by atoms with Crippen LogP contribution in [0.2, 0.25) is 5.02 Å². The lowest BCUT2D eigenvalue weighted by Gasteiger charge is -2.38. The lowest BCUT2D eigenvalue weighted by molar-refractivity contribution is -0.120. The van der Waals surface area contributed by atoms with Gasteiger partial charge in [0.25, 0.3) is 0 Å². The standard InChI is InChI=1S/C19H22ClN3O/c1-15(19(24)21-18-10-6-5-9-17(18)20)22-11-13-23(14-12-22)16-7-3-2-4-8-16/h2-10,15H,11-14H2,1H3,(H,21,24)/t15-/m0/s1. The van der Waals surface area contributed by atoms with E-state index in [0.717, 1.165) is 26.2 Å². The highest BCUT2D eigenvalue weighted by molar-refractivity contribution is 6.33. The first-order chi connectivity index (χ1) is 11.6. The molecule has 1 N–H and O–H groups in total. The number of rotatable bonds is 4. The van der Waals surface area contributed by atoms with Gasteiger partial charge in [-0.15, -0.1) is 0 Å². The molecule has 0 aliphatic carbocycles. The maximum absolute atomic E-state index is 12.5. The molecular weight excluding hydrogens is 322 g/mol. The second kappa shape index (κ2) is 7.69. The Bertz CT molecular complexity index is 684. The predicted molar refractivity (Wildman–Crippen MR) is 99.8 cm³/mol. The van der Waals surface area contributed by atoms with E-state index in [-0.39, 0.29) is 11.9 Å². The molecule has 0 radical (unpaired) electrons. The van der Waals surface area contributed by atoms with E-state index in [9.17, 15) is 4.79 Å². The lowest BCUT2D eigenvalue weighted by atomic mass is 10.2. The fraction of sp³-hybridized carbons (Fsp3) is 0.316. The van der Waals surface area contributed by atoms with Crippen molar-refractivity contribution in [3.63, 3.8) is 0 Å². The van der Waals surface area contributed by atoms with E-state index in [1.165, 1.54) is 5.69 Å². The van der Waals surface area contributed by atoms with Gasteiger partial charge in [0, 0.05) is 31.9 Å². The molecular formula is C19H22ClN3O. The molecule has 126 valence electrons. The van der Waals surface area contributed by atoms with E-state index in [2.05, 4.69) is 39.4 Å². The van der Waals surface area contributed by atoms with Crippen molar-refractivity contribution in [3.8, 4) is 0 Å². The molecule has 0 spiro atoms. The molecule has 24 heavy (non-hydrogen) atoms. The van der Waals surface area contributed by atoms with Crippen LogP contribution in [0.5, 0.6) is 0 Å². The van der Waals surface area contributed by atoms with Crippen LogP contribution in [0.15, 0.2) is 54.6 Å². The highest BCUT2D eigenvalue weighted by Crippen LogP contribution is 2.21. The summed E-state index contributed by atoms with van der Waals surface area (Å²) >= 11 is 6.11. The molecule has 1 fully saturated rings. The Kier molecular flexibility index (Phi) is 5.38. The van der Waals surface area contributed by atoms with Crippen LogP contribution in [0.1, 0.15) is 6.92 Å². The molecule has 1 aliphatic rings. The third kappa shape index (κ3) is 3.89. The average molecular weight is 344 g/mol. The number of hydrogen-bond donors (Lipinski definition) is 1. The minimum absolute atomic E-state index is 0.0174. The molecule has 3 rings (SSSR count). The molecule has 4 nitrogen and oxygen atoms in total. The zero-order valence-corrected chi connectivity index (χ0v) is 14.5. The van der Waals surface area contributed by atoms with Gasteiger partial charge in [-0.1, -0.05) is 41.9 Å². The zero-order chi connectivity index (χ0) is 16.9. The predicted octanol–water partition coefficient (Wildman–Crippen LogP) is 3.49. The summed E-state index contributed by atoms with van der Waals surface area (Å²) in [5.74, 6) is -0.0174. The van der Waals surface area contributed by atoms with Crippen LogP contribution >= 0.6 is 11.6 Å². The monoisotopic (exact) mass is 343 g/mol. The summed E-state index contributed by atoms with van der Waals surface area (Å²) in [6.45, 7) is 5.53. The first kappa shape index (κ1) is 16.8. The van der Waals surface area contributed by atoms with Gasteiger partial charge in [-0.05, 0) is 31.2 Å². The average Bonchev–Trinajstić information content (AvgIpc) is 2.64. The highest BCUT2D eigenvalue weighted by atomic mass is 35.5. The number of piperazine rings is 1. The molecule has 0 aromatic heterocycles. The Labute approximate surface area is 148 Å². The first-order valence-electron chi connectivity index (χ1n) is 8.24. The Morgan fingerprint density at radius 1 is 1.00 bits per heavy atom. The number of para-hydroxylation sites is 2. The summed E-state index contributed by atoms with van der Waals surface area (Å²) < 4.78 is 0. The molecule has 1 saturated heterocycles. The van der Waals surface area contributed by atoms with Gasteiger partial charge in [-0.25, -0.2) is 0 Å². The normalized spacial score (nSPS) is 16.7. The number of hydrogen-bond acceptors (Lipinski definition) is 3. The van der Waals surface area contributed by atoms with Crippen LogP contribution < -0.4 is 10.2 Å². The van der Waals surface area contributed by atoms with Crippen molar-refractivity contribution in [3.05, 3.63) is 59.6 Å². The lowest BCUT2D eigenvalue weighted by Crippen LogP contribution is -2.52. The van der Waals surface area contributed by atoms with E-state index in [0.29, 0.717) is 10.7 Å². The second-order valence-corrected chi connectivity index (χ2v) is 6.41. The first-order valence-corrected chi connectivity index (χ1v) is 8.62. The van der Waals surface area contributed by atoms with Gasteiger partial charge in [0.1, 0.15) is 0 Å². The van der Waals surface area contributed by atoms with E-state index < -0.39 is 0 Å². The number of carbonyl (C=O) groups is 1. The number of anilines is 2. The van der Waals surface area contributed by atoms with Crippen LogP contribution in [0.3, 0.4) is 0 Å². The Balaban J connectivity index is 1.56. The van der Waals surface area contributed by atoms with Gasteiger partial charge >= 0.3 is 0 Å². The summed E-state index contributed by atoms with van der Waals surface area (Å²) in [4.78, 5) is 17.1. The maximum Gasteiger partial charge on any atom is 0.241 e. The molecule has 0 unspecified atom stereocenters. The number of halogens is 1. The number of nitrogens with zero attached hydrogens (tertiary/aromatic N) is 2. The summed E-state index contributed by atoms with van der Waals surface area (Å²) in [5, 5.41) is 3.49. The molecule has 2 aromatic carbocycles. The van der Waals surface area contributed by atoms with E-state index in [4.69, 9.17) is 11.6 Å². The van der Waals surface area contributed by atoms with E-state index in [1.807, 2.05) is 31.2 Å². The van der Waals surface area contributed by atoms with Gasteiger partial charge in [0.05, 0.1) is 16.8 Å². The number of nitrogens with one attached hydrogen (secondary N) is 1. The Hall–Kier alpha value is -2.04. The summed E-state index contributed by atoms with van der Waals surface area (Å²) in [7, 11) is 0. The van der Waals surface area contributed by atoms with Gasteiger partial charge < -0.3 is 10.2 Å². The third-order valence-electron chi connectivity index (χ3n) is 4.49. The van der Waals surface area contributed by atoms with Crippen LogP contribution in [0.4, 0.5) is 11.4 Å². The van der Waals surface area contributed by atoms with Crippen molar-refractivity contribution >= 4 is 28.9 Å². The molecule has 0 bridgehead atoms. The van der Waals surface area contributed by atoms with E-state index >= 15 is 0 Å². The van der Waals surface area contributed by atoms with Gasteiger partial charge in [-0.3, -0.25) is 9.69 Å². The van der Waals surface area contributed by atoms with Crippen LogP contribution in [0, 0.1) is 0 Å². The van der Waals surface area contributed by atoms with E-state index in [1.54, 1.807) is 6.07 Å². The molecule has 0 saturated carbocycles. The van der Waals surface area contributed by atoms with Crippen LogP contribution in [-0.4, -0.2) is 43.0 Å². The maximum atomic E-state index is 12.5. The fourth-order valence-electron chi connectivity index (χ4n) is 2.97. The summed E-state index contributed by atoms with van der Waals surface area (Å²) in [6.07, 6.45) is 0. The minimum Gasteiger partial charge on any atom is -0.369 e. The molecule has 1 atom stereocenters. The number of benzene rings is 2. The molecule has 1 aliphatic heterocycles. The van der Waals surface area contributed by atoms with Crippen molar-refractivity contribution in [2.24, 2.45) is 0 Å². The highest BCUT2D eigenvalue weighted by Gasteiger charge is 2.25. The summed E-state index contributed by atoms with van der Waals surface area (Å²) in [5.41, 5.74) is 1.91. The van der Waals surface area contributed by atoms with Crippen LogP contribution in [0.25, 0.3) is 0 Å². The smallest absolute Gasteiger partial charge is 0.241 e. The van der Waals surface area contributed by atoms with Crippen molar-refractivity contribution in [2.75, 3.05) is 36.4 Å². The number of carbonyl (C=O) groups excluding carboxylic acids is 1. The molecule has 2 aromatic rings. The number of amides is 1.